The van der Waals surface area contributed by atoms with Gasteiger partial charge in [-0.1, -0.05) is 36.4 Å². The van der Waals surface area contributed by atoms with Gasteiger partial charge < -0.3 is 14.8 Å². The van der Waals surface area contributed by atoms with Gasteiger partial charge in [0, 0.05) is 23.8 Å². The molecule has 0 aliphatic carbocycles. The van der Waals surface area contributed by atoms with E-state index in [-0.39, 0.29) is 29.2 Å². The van der Waals surface area contributed by atoms with Crippen LogP contribution < -0.4 is 10.1 Å². The summed E-state index contributed by atoms with van der Waals surface area (Å²) in [7, 11) is -1.99. The van der Waals surface area contributed by atoms with Crippen LogP contribution in [0.2, 0.25) is 0 Å². The minimum Gasteiger partial charge on any atom is -0.457 e. The first kappa shape index (κ1) is 20.1. The lowest BCUT2D eigenvalue weighted by molar-refractivity contribution is 0.0941. The van der Waals surface area contributed by atoms with Gasteiger partial charge in [-0.2, -0.15) is 0 Å². The maximum absolute atomic E-state index is 12.9. The predicted octanol–water partition coefficient (Wildman–Crippen LogP) is 3.73. The van der Waals surface area contributed by atoms with E-state index in [2.05, 4.69) is 5.32 Å². The van der Waals surface area contributed by atoms with E-state index in [1.807, 2.05) is 48.5 Å². The van der Waals surface area contributed by atoms with Crippen molar-refractivity contribution in [1.29, 1.82) is 0 Å². The normalized spacial score (nSPS) is 13.1. The number of ether oxygens (including phenoxy) is 2. The lowest BCUT2D eigenvalue weighted by atomic mass is 9.94. The molecule has 0 atom stereocenters. The molecule has 0 saturated heterocycles. The minimum absolute atomic E-state index is 0.106. The number of para-hydroxylation sites is 2. The summed E-state index contributed by atoms with van der Waals surface area (Å²) in [5, 5.41) is 3.05. The van der Waals surface area contributed by atoms with Crippen molar-refractivity contribution in [3.05, 3.63) is 89.5 Å². The van der Waals surface area contributed by atoms with Crippen LogP contribution in [0.5, 0.6) is 11.5 Å². The van der Waals surface area contributed by atoms with Crippen LogP contribution in [0, 0.1) is 0 Å². The maximum Gasteiger partial charge on any atom is 0.252 e. The average Bonchev–Trinajstić information content (AvgIpc) is 2.77. The van der Waals surface area contributed by atoms with Crippen molar-refractivity contribution >= 4 is 15.7 Å². The maximum atomic E-state index is 12.9. The largest absolute Gasteiger partial charge is 0.457 e. The molecule has 1 aliphatic heterocycles. The van der Waals surface area contributed by atoms with Gasteiger partial charge in [-0.15, -0.1) is 0 Å². The molecule has 1 aliphatic rings. The molecule has 0 bridgehead atoms. The number of fused-ring (bicyclic) bond motifs is 2. The highest BCUT2D eigenvalue weighted by Gasteiger charge is 2.28. The Labute approximate surface area is 175 Å². The van der Waals surface area contributed by atoms with Crippen LogP contribution in [0.3, 0.4) is 0 Å². The molecule has 6 nitrogen and oxygen atoms in total. The minimum atomic E-state index is -3.45. The van der Waals surface area contributed by atoms with E-state index in [0.29, 0.717) is 17.1 Å². The van der Waals surface area contributed by atoms with Crippen molar-refractivity contribution < 1.29 is 22.7 Å². The third-order valence-electron chi connectivity index (χ3n) is 4.99. The first-order valence-corrected chi connectivity index (χ1v) is 11.1. The second kappa shape index (κ2) is 8.30. The first-order chi connectivity index (χ1) is 14.5. The van der Waals surface area contributed by atoms with E-state index in [1.54, 1.807) is 0 Å². The van der Waals surface area contributed by atoms with Crippen LogP contribution in [-0.4, -0.2) is 33.8 Å². The molecule has 0 saturated carbocycles. The van der Waals surface area contributed by atoms with Crippen molar-refractivity contribution in [2.75, 3.05) is 19.5 Å². The van der Waals surface area contributed by atoms with Crippen molar-refractivity contribution in [2.24, 2.45) is 0 Å². The number of nitrogens with one attached hydrogen (secondary N) is 1. The third-order valence-corrected chi connectivity index (χ3v) is 6.68. The summed E-state index contributed by atoms with van der Waals surface area (Å²) in [6.07, 6.45) is 0. The number of hydrogen-bond acceptors (Lipinski definition) is 5. The van der Waals surface area contributed by atoms with Crippen LogP contribution in [0.4, 0.5) is 0 Å². The summed E-state index contributed by atoms with van der Waals surface area (Å²) in [4.78, 5) is 13.1. The van der Waals surface area contributed by atoms with Gasteiger partial charge in [-0.25, -0.2) is 8.42 Å². The van der Waals surface area contributed by atoms with Gasteiger partial charge in [0.15, 0.2) is 9.84 Å². The molecule has 4 rings (SSSR count). The number of carbonyl (C=O) groups excluding carboxylic acids is 1. The van der Waals surface area contributed by atoms with E-state index < -0.39 is 9.84 Å². The summed E-state index contributed by atoms with van der Waals surface area (Å²) in [5.74, 6) is 0.986. The monoisotopic (exact) mass is 423 g/mol. The molecular weight excluding hydrogens is 402 g/mol. The van der Waals surface area contributed by atoms with Crippen LogP contribution in [0.15, 0.2) is 77.7 Å². The summed E-state index contributed by atoms with van der Waals surface area (Å²) in [6.45, 7) is 0.118. The van der Waals surface area contributed by atoms with Gasteiger partial charge in [0.1, 0.15) is 11.5 Å². The van der Waals surface area contributed by atoms with Crippen molar-refractivity contribution in [3.63, 3.8) is 0 Å². The molecule has 30 heavy (non-hydrogen) atoms. The highest BCUT2D eigenvalue weighted by molar-refractivity contribution is 7.91. The van der Waals surface area contributed by atoms with Crippen molar-refractivity contribution in [3.8, 4) is 11.5 Å². The van der Waals surface area contributed by atoms with Gasteiger partial charge in [-0.05, 0) is 36.4 Å². The third kappa shape index (κ3) is 3.94. The molecule has 3 aromatic rings. The van der Waals surface area contributed by atoms with E-state index in [1.165, 1.54) is 31.4 Å². The SMILES string of the molecule is COCCS(=O)(=O)c1ccc(C(=O)NC2c3ccccc3Oc3ccccc32)cc1. The number of amides is 1. The van der Waals surface area contributed by atoms with E-state index in [4.69, 9.17) is 9.47 Å². The van der Waals surface area contributed by atoms with Gasteiger partial charge in [0.25, 0.3) is 5.91 Å². The molecule has 0 aromatic heterocycles. The lowest BCUT2D eigenvalue weighted by Crippen LogP contribution is -2.31. The fourth-order valence-corrected chi connectivity index (χ4v) is 4.58. The summed E-state index contributed by atoms with van der Waals surface area (Å²) in [5.41, 5.74) is 2.11. The van der Waals surface area contributed by atoms with Crippen molar-refractivity contribution in [2.45, 2.75) is 10.9 Å². The zero-order valence-electron chi connectivity index (χ0n) is 16.4. The topological polar surface area (TPSA) is 81.7 Å². The molecule has 1 amide bonds. The average molecular weight is 423 g/mol. The second-order valence-corrected chi connectivity index (χ2v) is 9.03. The number of hydrogen-bond donors (Lipinski definition) is 1. The molecule has 154 valence electrons. The number of methoxy groups -OCH3 is 1. The Kier molecular flexibility index (Phi) is 5.57. The summed E-state index contributed by atoms with van der Waals surface area (Å²) < 4.78 is 35.3. The van der Waals surface area contributed by atoms with Crippen LogP contribution in [0.1, 0.15) is 27.5 Å². The van der Waals surface area contributed by atoms with E-state index >= 15 is 0 Å². The smallest absolute Gasteiger partial charge is 0.252 e. The molecule has 0 radical (unpaired) electrons. The molecular formula is C23H21NO5S. The zero-order chi connectivity index (χ0) is 21.1. The molecule has 1 heterocycles. The molecule has 0 spiro atoms. The van der Waals surface area contributed by atoms with Gasteiger partial charge in [0.2, 0.25) is 0 Å². The fraction of sp³-hybridized carbons (Fsp3) is 0.174. The predicted molar refractivity (Wildman–Crippen MR) is 113 cm³/mol. The number of benzene rings is 3. The Hall–Kier alpha value is -3.16. The standard InChI is InChI=1S/C23H21NO5S/c1-28-14-15-30(26,27)17-12-10-16(11-13-17)23(25)24-22-18-6-2-4-8-20(18)29-21-9-5-3-7-19(21)22/h2-13,22H,14-15H2,1H3,(H,24,25). The molecule has 0 fully saturated rings. The van der Waals surface area contributed by atoms with Crippen LogP contribution in [0.25, 0.3) is 0 Å². The highest BCUT2D eigenvalue weighted by Crippen LogP contribution is 2.42. The van der Waals surface area contributed by atoms with E-state index in [0.717, 1.165) is 11.1 Å². The number of rotatable bonds is 6. The summed E-state index contributed by atoms with van der Waals surface area (Å²) >= 11 is 0. The number of sulfone groups is 1. The Morgan fingerprint density at radius 1 is 0.933 bits per heavy atom. The fourth-order valence-electron chi connectivity index (χ4n) is 3.40. The van der Waals surface area contributed by atoms with Gasteiger partial charge in [-0.3, -0.25) is 4.79 Å². The Bertz CT molecular complexity index is 1130. The highest BCUT2D eigenvalue weighted by atomic mass is 32.2. The first-order valence-electron chi connectivity index (χ1n) is 9.48. The Morgan fingerprint density at radius 3 is 2.07 bits per heavy atom. The van der Waals surface area contributed by atoms with Gasteiger partial charge in [0.05, 0.1) is 23.3 Å². The Morgan fingerprint density at radius 2 is 1.50 bits per heavy atom. The Balaban J connectivity index is 1.59. The molecule has 7 heteroatoms. The molecule has 3 aromatic carbocycles. The zero-order valence-corrected chi connectivity index (χ0v) is 17.2. The summed E-state index contributed by atoms with van der Waals surface area (Å²) in [6, 6.07) is 20.7. The molecule has 0 unspecified atom stereocenters. The van der Waals surface area contributed by atoms with Crippen LogP contribution >= 0.6 is 0 Å². The molecule has 1 N–H and O–H groups in total. The van der Waals surface area contributed by atoms with Gasteiger partial charge >= 0.3 is 0 Å². The van der Waals surface area contributed by atoms with E-state index in [9.17, 15) is 13.2 Å². The number of carbonyl (C=O) groups is 1. The van der Waals surface area contributed by atoms with Crippen molar-refractivity contribution in [1.82, 2.24) is 5.32 Å². The van der Waals surface area contributed by atoms with Crippen LogP contribution in [-0.2, 0) is 14.6 Å². The lowest BCUT2D eigenvalue weighted by Gasteiger charge is -2.28. The quantitative estimate of drug-likeness (QED) is 0.653. The second-order valence-electron chi connectivity index (χ2n) is 6.92.